The molecule has 5 heterocycles. The molecule has 45 heavy (non-hydrogen) atoms. The molecule has 1 aliphatic carbocycles. The van der Waals surface area contributed by atoms with E-state index in [1.165, 1.54) is 6.92 Å². The zero-order valence-electron chi connectivity index (χ0n) is 25.2. The number of alkyl halides is 4. The molecule has 4 atom stereocenters. The summed E-state index contributed by atoms with van der Waals surface area (Å²) in [7, 11) is 0. The van der Waals surface area contributed by atoms with Gasteiger partial charge in [-0.2, -0.15) is 23.1 Å². The summed E-state index contributed by atoms with van der Waals surface area (Å²) in [6.07, 6.45) is -0.967. The molecular formula is C32H35F6N5O2. The number of benzene rings is 1. The van der Waals surface area contributed by atoms with Crippen LogP contribution in [-0.4, -0.2) is 71.0 Å². The highest BCUT2D eigenvalue weighted by molar-refractivity contribution is 5.97. The Bertz CT molecular complexity index is 1620. The lowest BCUT2D eigenvalue weighted by atomic mass is 9.95. The molecule has 4 fully saturated rings. The Morgan fingerprint density at radius 2 is 1.78 bits per heavy atom. The molecule has 13 heteroatoms. The SMILES string of the molecule is CCOc1nc(-c2cc(C)cc(F)c2C(F)(F)F)c(F)c2nc(OC[C@@]34CCCN3C[C@H](F)C4)nc(N3CC4CCC(C4)C3)c12. The average Bonchev–Trinajstić information content (AvgIpc) is 3.62. The molecule has 0 spiro atoms. The Labute approximate surface area is 256 Å². The molecule has 7 nitrogen and oxygen atoms in total. The van der Waals surface area contributed by atoms with Crippen LogP contribution in [0.1, 0.15) is 56.6 Å². The molecule has 1 saturated carbocycles. The number of halogens is 6. The summed E-state index contributed by atoms with van der Waals surface area (Å²) in [5.74, 6) is -1.67. The second-order valence-electron chi connectivity index (χ2n) is 13.0. The van der Waals surface area contributed by atoms with Crippen LogP contribution in [-0.2, 0) is 6.18 Å². The van der Waals surface area contributed by atoms with Gasteiger partial charge in [0.1, 0.15) is 46.6 Å². The van der Waals surface area contributed by atoms with E-state index < -0.39 is 46.3 Å². The van der Waals surface area contributed by atoms with E-state index in [1.54, 1.807) is 6.92 Å². The molecule has 2 unspecified atom stereocenters. The van der Waals surface area contributed by atoms with Crippen molar-refractivity contribution in [3.8, 4) is 23.1 Å². The molecule has 0 amide bonds. The van der Waals surface area contributed by atoms with Gasteiger partial charge < -0.3 is 14.4 Å². The van der Waals surface area contributed by atoms with E-state index in [0.717, 1.165) is 50.8 Å². The van der Waals surface area contributed by atoms with Gasteiger partial charge in [-0.15, -0.1) is 0 Å². The Kier molecular flexibility index (Phi) is 7.52. The zero-order valence-corrected chi connectivity index (χ0v) is 25.2. The number of rotatable bonds is 7. The minimum Gasteiger partial charge on any atom is -0.477 e. The Morgan fingerprint density at radius 1 is 1.02 bits per heavy atom. The predicted molar refractivity (Wildman–Crippen MR) is 155 cm³/mol. The third kappa shape index (κ3) is 5.34. The van der Waals surface area contributed by atoms with Crippen LogP contribution in [0.2, 0.25) is 0 Å². The highest BCUT2D eigenvalue weighted by Crippen LogP contribution is 2.46. The predicted octanol–water partition coefficient (Wildman–Crippen LogP) is 6.89. The third-order valence-electron chi connectivity index (χ3n) is 9.90. The van der Waals surface area contributed by atoms with Crippen molar-refractivity contribution in [3.05, 3.63) is 34.9 Å². The second kappa shape index (κ2) is 11.2. The van der Waals surface area contributed by atoms with E-state index in [4.69, 9.17) is 14.5 Å². The number of piperidine rings is 1. The van der Waals surface area contributed by atoms with Crippen LogP contribution in [0.25, 0.3) is 22.2 Å². The summed E-state index contributed by atoms with van der Waals surface area (Å²) in [5.41, 5.74) is -3.80. The van der Waals surface area contributed by atoms with Gasteiger partial charge in [-0.1, -0.05) is 0 Å². The first-order chi connectivity index (χ1) is 21.5. The van der Waals surface area contributed by atoms with Crippen molar-refractivity contribution >= 4 is 16.7 Å². The molecule has 3 aromatic rings. The minimum absolute atomic E-state index is 0.0766. The van der Waals surface area contributed by atoms with Crippen LogP contribution in [0.5, 0.6) is 11.9 Å². The first kappa shape index (κ1) is 30.3. The van der Waals surface area contributed by atoms with Crippen molar-refractivity contribution in [2.24, 2.45) is 11.8 Å². The van der Waals surface area contributed by atoms with Crippen molar-refractivity contribution in [1.29, 1.82) is 0 Å². The third-order valence-corrected chi connectivity index (χ3v) is 9.90. The fourth-order valence-electron chi connectivity index (χ4n) is 8.06. The van der Waals surface area contributed by atoms with Crippen LogP contribution < -0.4 is 14.4 Å². The summed E-state index contributed by atoms with van der Waals surface area (Å²) in [4.78, 5) is 17.5. The second-order valence-corrected chi connectivity index (χ2v) is 13.0. The highest BCUT2D eigenvalue weighted by Gasteiger charge is 2.49. The molecule has 1 aromatic carbocycles. The molecule has 242 valence electrons. The standard InChI is InChI=1S/C32H35F6N5O2/c1-3-44-29-23-27(25(35)26(39-29)21-9-17(2)10-22(34)24(21)32(36,37)38)40-30(41-28(23)42-13-18-5-6-19(11-18)14-42)45-16-31-7-4-8-43(31)15-20(33)12-31/h9-10,18-20H,3-8,11-16H2,1-2H3/t18?,19?,20-,31+/m1/s1. The van der Waals surface area contributed by atoms with Gasteiger partial charge in [0, 0.05) is 31.6 Å². The summed E-state index contributed by atoms with van der Waals surface area (Å²) >= 11 is 0. The summed E-state index contributed by atoms with van der Waals surface area (Å²) in [6, 6.07) is 1.65. The summed E-state index contributed by atoms with van der Waals surface area (Å²) in [6.45, 7) is 5.63. The first-order valence-corrected chi connectivity index (χ1v) is 15.6. The van der Waals surface area contributed by atoms with E-state index in [1.807, 2.05) is 4.90 Å². The number of hydrogen-bond donors (Lipinski definition) is 0. The lowest BCUT2D eigenvalue weighted by molar-refractivity contribution is -0.139. The van der Waals surface area contributed by atoms with E-state index in [9.17, 15) is 22.0 Å². The Morgan fingerprint density at radius 3 is 2.49 bits per heavy atom. The normalized spacial score (nSPS) is 26.6. The lowest BCUT2D eigenvalue weighted by Gasteiger charge is -2.34. The van der Waals surface area contributed by atoms with Crippen molar-refractivity contribution in [3.63, 3.8) is 0 Å². The molecule has 0 N–H and O–H groups in total. The number of nitrogens with zero attached hydrogens (tertiary/aromatic N) is 5. The summed E-state index contributed by atoms with van der Waals surface area (Å²) in [5, 5.41) is 0.124. The van der Waals surface area contributed by atoms with Gasteiger partial charge in [0.05, 0.1) is 12.1 Å². The van der Waals surface area contributed by atoms with E-state index in [2.05, 4.69) is 14.9 Å². The average molecular weight is 636 g/mol. The summed E-state index contributed by atoms with van der Waals surface area (Å²) < 4.78 is 100. The molecule has 7 rings (SSSR count). The van der Waals surface area contributed by atoms with E-state index >= 15 is 4.39 Å². The van der Waals surface area contributed by atoms with E-state index in [-0.39, 0.29) is 41.6 Å². The number of aryl methyl sites for hydroxylation is 1. The van der Waals surface area contributed by atoms with Gasteiger partial charge in [-0.25, -0.2) is 18.2 Å². The van der Waals surface area contributed by atoms with Gasteiger partial charge >= 0.3 is 12.2 Å². The molecule has 0 radical (unpaired) electrons. The number of pyridine rings is 1. The molecule has 3 aliphatic heterocycles. The quantitative estimate of drug-likeness (QED) is 0.262. The molecule has 4 aliphatic rings. The van der Waals surface area contributed by atoms with Crippen molar-refractivity contribution < 1.29 is 35.8 Å². The van der Waals surface area contributed by atoms with Gasteiger partial charge in [0.15, 0.2) is 5.82 Å². The topological polar surface area (TPSA) is 63.6 Å². The Hall–Kier alpha value is -3.35. The van der Waals surface area contributed by atoms with Crippen LogP contribution in [0.3, 0.4) is 0 Å². The van der Waals surface area contributed by atoms with Crippen molar-refractivity contribution in [1.82, 2.24) is 19.9 Å². The maximum absolute atomic E-state index is 16.7. The minimum atomic E-state index is -5.12. The smallest absolute Gasteiger partial charge is 0.419 e. The fourth-order valence-corrected chi connectivity index (χ4v) is 8.06. The number of hydrogen-bond acceptors (Lipinski definition) is 7. The van der Waals surface area contributed by atoms with Crippen LogP contribution >= 0.6 is 0 Å². The van der Waals surface area contributed by atoms with E-state index in [0.29, 0.717) is 43.7 Å². The highest BCUT2D eigenvalue weighted by atomic mass is 19.4. The van der Waals surface area contributed by atoms with Gasteiger partial charge in [-0.3, -0.25) is 4.90 Å². The number of ether oxygens (including phenoxy) is 2. The largest absolute Gasteiger partial charge is 0.477 e. The lowest BCUT2D eigenvalue weighted by Crippen LogP contribution is -2.43. The van der Waals surface area contributed by atoms with Crippen LogP contribution in [0.15, 0.2) is 12.1 Å². The number of fused-ring (bicyclic) bond motifs is 4. The Balaban J connectivity index is 1.41. The maximum Gasteiger partial charge on any atom is 0.419 e. The van der Waals surface area contributed by atoms with Crippen LogP contribution in [0, 0.1) is 30.4 Å². The van der Waals surface area contributed by atoms with Gasteiger partial charge in [-0.05, 0) is 82.0 Å². The molecular weight excluding hydrogens is 600 g/mol. The van der Waals surface area contributed by atoms with Crippen molar-refractivity contribution in [2.45, 2.75) is 70.3 Å². The fraction of sp³-hybridized carbons (Fsp3) is 0.594. The molecule has 3 saturated heterocycles. The number of anilines is 1. The van der Waals surface area contributed by atoms with Gasteiger partial charge in [0.25, 0.3) is 0 Å². The maximum atomic E-state index is 16.7. The molecule has 2 bridgehead atoms. The van der Waals surface area contributed by atoms with Crippen LogP contribution in [0.4, 0.5) is 32.2 Å². The van der Waals surface area contributed by atoms with Crippen molar-refractivity contribution in [2.75, 3.05) is 44.3 Å². The molecule has 2 aromatic heterocycles. The number of aromatic nitrogens is 3. The van der Waals surface area contributed by atoms with Gasteiger partial charge in [0.2, 0.25) is 5.88 Å². The first-order valence-electron chi connectivity index (χ1n) is 15.6. The zero-order chi connectivity index (χ0) is 31.7. The monoisotopic (exact) mass is 635 g/mol.